The highest BCUT2D eigenvalue weighted by atomic mass is 16.5. The van der Waals surface area contributed by atoms with Crippen LogP contribution in [0.1, 0.15) is 22.6 Å². The van der Waals surface area contributed by atoms with Gasteiger partial charge in [-0.2, -0.15) is 0 Å². The summed E-state index contributed by atoms with van der Waals surface area (Å²) >= 11 is 0. The largest absolute Gasteiger partial charge is 0.495 e. The molecule has 0 saturated heterocycles. The van der Waals surface area contributed by atoms with Crippen molar-refractivity contribution >= 4 is 0 Å². The van der Waals surface area contributed by atoms with Crippen LogP contribution in [0.3, 0.4) is 0 Å². The summed E-state index contributed by atoms with van der Waals surface area (Å²) in [6, 6.07) is 1.97. The lowest BCUT2D eigenvalue weighted by Gasteiger charge is -2.27. The van der Waals surface area contributed by atoms with Crippen molar-refractivity contribution in [2.24, 2.45) is 0 Å². The molecule has 6 heteroatoms. The van der Waals surface area contributed by atoms with Gasteiger partial charge in [-0.15, -0.1) is 0 Å². The van der Waals surface area contributed by atoms with Crippen LogP contribution in [-0.2, 0) is 19.5 Å². The normalized spacial score (nSPS) is 14.8. The highest BCUT2D eigenvalue weighted by molar-refractivity contribution is 5.25. The number of hydrogen-bond acceptors (Lipinski definition) is 5. The van der Waals surface area contributed by atoms with E-state index in [0.717, 1.165) is 42.1 Å². The number of fused-ring (bicyclic) bond motifs is 1. The molecule has 110 valence electrons. The molecule has 2 aromatic rings. The average Bonchev–Trinajstić information content (AvgIpc) is 2.48. The number of aromatic amines is 1. The van der Waals surface area contributed by atoms with Crippen LogP contribution >= 0.6 is 0 Å². The van der Waals surface area contributed by atoms with E-state index in [4.69, 9.17) is 4.74 Å². The molecule has 0 aromatic carbocycles. The fourth-order valence-electron chi connectivity index (χ4n) is 2.66. The smallest absolute Gasteiger partial charge is 0.255 e. The van der Waals surface area contributed by atoms with Crippen LogP contribution in [0.5, 0.6) is 5.75 Å². The molecule has 3 heterocycles. The lowest BCUT2D eigenvalue weighted by molar-refractivity contribution is 0.241. The Morgan fingerprint density at radius 3 is 3.10 bits per heavy atom. The minimum Gasteiger partial charge on any atom is -0.495 e. The van der Waals surface area contributed by atoms with Gasteiger partial charge in [0.2, 0.25) is 0 Å². The van der Waals surface area contributed by atoms with Crippen molar-refractivity contribution in [2.75, 3.05) is 13.7 Å². The molecule has 0 amide bonds. The van der Waals surface area contributed by atoms with Crippen LogP contribution < -0.4 is 10.3 Å². The molecule has 0 saturated carbocycles. The second-order valence-corrected chi connectivity index (χ2v) is 5.27. The van der Waals surface area contributed by atoms with Crippen LogP contribution in [0.15, 0.2) is 23.3 Å². The summed E-state index contributed by atoms with van der Waals surface area (Å²) in [5.74, 6) is 1.43. The minimum absolute atomic E-state index is 0.0223. The number of nitrogens with one attached hydrogen (secondary N) is 1. The molecule has 21 heavy (non-hydrogen) atoms. The van der Waals surface area contributed by atoms with Crippen LogP contribution in [0, 0.1) is 6.92 Å². The summed E-state index contributed by atoms with van der Waals surface area (Å²) in [5.41, 5.74) is 2.76. The minimum atomic E-state index is -0.0223. The Bertz CT molecular complexity index is 711. The maximum atomic E-state index is 12.0. The molecule has 1 aliphatic rings. The monoisotopic (exact) mass is 286 g/mol. The van der Waals surface area contributed by atoms with E-state index in [2.05, 4.69) is 19.9 Å². The Labute approximate surface area is 122 Å². The van der Waals surface area contributed by atoms with Gasteiger partial charge in [0.1, 0.15) is 11.6 Å². The fraction of sp³-hybridized carbons (Fsp3) is 0.400. The topological polar surface area (TPSA) is 71.1 Å². The molecule has 0 spiro atoms. The molecule has 0 unspecified atom stereocenters. The highest BCUT2D eigenvalue weighted by Gasteiger charge is 2.20. The van der Waals surface area contributed by atoms with Gasteiger partial charge < -0.3 is 9.72 Å². The van der Waals surface area contributed by atoms with Gasteiger partial charge in [-0.05, 0) is 18.6 Å². The zero-order valence-electron chi connectivity index (χ0n) is 12.2. The Balaban J connectivity index is 1.78. The van der Waals surface area contributed by atoms with Crippen molar-refractivity contribution in [1.29, 1.82) is 0 Å². The quantitative estimate of drug-likeness (QED) is 0.913. The number of pyridine rings is 1. The first-order valence-electron chi connectivity index (χ1n) is 6.94. The lowest BCUT2D eigenvalue weighted by Crippen LogP contribution is -2.35. The van der Waals surface area contributed by atoms with E-state index in [1.54, 1.807) is 13.3 Å². The van der Waals surface area contributed by atoms with Crippen LogP contribution in [0.4, 0.5) is 0 Å². The standard InChI is InChI=1S/C15H18N4O2/c1-10-17-14-3-4-19(9-13(14)15(20)18-10)8-11-5-12(21-2)7-16-6-11/h5-7H,3-4,8-9H2,1-2H3,(H,17,18,20). The van der Waals surface area contributed by atoms with Crippen LogP contribution in [0.2, 0.25) is 0 Å². The number of ether oxygens (including phenoxy) is 1. The zero-order chi connectivity index (χ0) is 14.8. The summed E-state index contributed by atoms with van der Waals surface area (Å²) in [6.45, 7) is 4.07. The number of hydrogen-bond donors (Lipinski definition) is 1. The van der Waals surface area contributed by atoms with Gasteiger partial charge >= 0.3 is 0 Å². The number of rotatable bonds is 3. The Hall–Kier alpha value is -2.21. The van der Waals surface area contributed by atoms with Gasteiger partial charge in [0.25, 0.3) is 5.56 Å². The van der Waals surface area contributed by atoms with E-state index in [1.807, 2.05) is 19.2 Å². The third-order valence-corrected chi connectivity index (χ3v) is 3.68. The summed E-state index contributed by atoms with van der Waals surface area (Å²) < 4.78 is 5.19. The molecular formula is C15H18N4O2. The third-order valence-electron chi connectivity index (χ3n) is 3.68. The molecule has 0 aliphatic carbocycles. The molecule has 6 nitrogen and oxygen atoms in total. The molecule has 0 fully saturated rings. The van der Waals surface area contributed by atoms with Gasteiger partial charge in [-0.1, -0.05) is 0 Å². The first-order chi connectivity index (χ1) is 10.2. The van der Waals surface area contributed by atoms with Crippen LogP contribution in [-0.4, -0.2) is 33.5 Å². The highest BCUT2D eigenvalue weighted by Crippen LogP contribution is 2.18. The Morgan fingerprint density at radius 2 is 2.29 bits per heavy atom. The van der Waals surface area contributed by atoms with E-state index >= 15 is 0 Å². The van der Waals surface area contributed by atoms with Gasteiger partial charge in [0.05, 0.1) is 24.6 Å². The molecule has 2 aromatic heterocycles. The van der Waals surface area contributed by atoms with Gasteiger partial charge in [0.15, 0.2) is 0 Å². The van der Waals surface area contributed by atoms with Crippen LogP contribution in [0.25, 0.3) is 0 Å². The fourth-order valence-corrected chi connectivity index (χ4v) is 2.66. The van der Waals surface area contributed by atoms with Gasteiger partial charge in [-0.25, -0.2) is 4.98 Å². The van der Waals surface area contributed by atoms with E-state index in [-0.39, 0.29) is 5.56 Å². The summed E-state index contributed by atoms with van der Waals surface area (Å²) in [6.07, 6.45) is 4.32. The number of H-pyrrole nitrogens is 1. The number of methoxy groups -OCH3 is 1. The molecule has 0 radical (unpaired) electrons. The van der Waals surface area contributed by atoms with E-state index in [9.17, 15) is 4.79 Å². The van der Waals surface area contributed by atoms with Crippen molar-refractivity contribution < 1.29 is 4.74 Å². The number of nitrogens with zero attached hydrogens (tertiary/aromatic N) is 3. The number of aromatic nitrogens is 3. The lowest BCUT2D eigenvalue weighted by atomic mass is 10.1. The molecule has 0 bridgehead atoms. The first kappa shape index (κ1) is 13.8. The molecule has 3 rings (SSSR count). The summed E-state index contributed by atoms with van der Waals surface area (Å²) in [4.78, 5) is 25.6. The molecule has 1 aliphatic heterocycles. The number of aryl methyl sites for hydroxylation is 1. The van der Waals surface area contributed by atoms with Crippen molar-refractivity contribution in [2.45, 2.75) is 26.4 Å². The van der Waals surface area contributed by atoms with Gasteiger partial charge in [0, 0.05) is 32.3 Å². The first-order valence-corrected chi connectivity index (χ1v) is 6.94. The summed E-state index contributed by atoms with van der Waals surface area (Å²) in [7, 11) is 1.63. The molecule has 1 N–H and O–H groups in total. The maximum Gasteiger partial charge on any atom is 0.255 e. The molecule has 0 atom stereocenters. The van der Waals surface area contributed by atoms with E-state index in [1.165, 1.54) is 0 Å². The van der Waals surface area contributed by atoms with E-state index in [0.29, 0.717) is 12.4 Å². The predicted molar refractivity (Wildman–Crippen MR) is 78.2 cm³/mol. The zero-order valence-corrected chi connectivity index (χ0v) is 12.2. The summed E-state index contributed by atoms with van der Waals surface area (Å²) in [5, 5.41) is 0. The second kappa shape index (κ2) is 5.65. The Morgan fingerprint density at radius 1 is 1.43 bits per heavy atom. The maximum absolute atomic E-state index is 12.0. The molecular weight excluding hydrogens is 268 g/mol. The van der Waals surface area contributed by atoms with Crippen molar-refractivity contribution in [3.05, 3.63) is 51.5 Å². The van der Waals surface area contributed by atoms with Crippen molar-refractivity contribution in [3.63, 3.8) is 0 Å². The van der Waals surface area contributed by atoms with E-state index < -0.39 is 0 Å². The third kappa shape index (κ3) is 2.95. The Kier molecular flexibility index (Phi) is 3.70. The van der Waals surface area contributed by atoms with Crippen molar-refractivity contribution in [1.82, 2.24) is 19.9 Å². The van der Waals surface area contributed by atoms with Crippen molar-refractivity contribution in [3.8, 4) is 5.75 Å². The second-order valence-electron chi connectivity index (χ2n) is 5.27. The van der Waals surface area contributed by atoms with Gasteiger partial charge in [-0.3, -0.25) is 14.7 Å². The predicted octanol–water partition coefficient (Wildman–Crippen LogP) is 1.04. The SMILES string of the molecule is COc1cncc(CN2CCc3nc(C)[nH]c(=O)c3C2)c1. The average molecular weight is 286 g/mol.